The van der Waals surface area contributed by atoms with Crippen LogP contribution in [0.3, 0.4) is 0 Å². The van der Waals surface area contributed by atoms with Crippen molar-refractivity contribution in [1.29, 1.82) is 0 Å². The minimum atomic E-state index is -5.00. The van der Waals surface area contributed by atoms with E-state index in [-0.39, 0.29) is 45.4 Å². The molecule has 1 aromatic carbocycles. The fraction of sp³-hybridized carbons (Fsp3) is 0.429. The number of hydrogen-bond donors (Lipinski definition) is 0. The summed E-state index contributed by atoms with van der Waals surface area (Å²) in [5.74, 6) is -3.25. The molecule has 1 unspecified atom stereocenters. The highest BCUT2D eigenvalue weighted by Gasteiger charge is 2.55. The number of esters is 2. The van der Waals surface area contributed by atoms with E-state index in [2.05, 4.69) is 0 Å². The van der Waals surface area contributed by atoms with E-state index in [1.807, 2.05) is 0 Å². The van der Waals surface area contributed by atoms with Gasteiger partial charge in [0.25, 0.3) is 5.56 Å². The van der Waals surface area contributed by atoms with Gasteiger partial charge in [-0.15, -0.1) is 0 Å². The van der Waals surface area contributed by atoms with Crippen molar-refractivity contribution in [2.45, 2.75) is 44.6 Å². The molecule has 190 valence electrons. The van der Waals surface area contributed by atoms with Crippen molar-refractivity contribution in [3.8, 4) is 11.4 Å². The topological polar surface area (TPSA) is 106 Å². The van der Waals surface area contributed by atoms with E-state index < -0.39 is 58.3 Å². The van der Waals surface area contributed by atoms with E-state index in [1.165, 1.54) is 6.92 Å². The van der Waals surface area contributed by atoms with Crippen LogP contribution in [0.1, 0.15) is 32.4 Å². The maximum absolute atomic E-state index is 14.7. The highest BCUT2D eigenvalue weighted by molar-refractivity contribution is 6.32. The van der Waals surface area contributed by atoms with Gasteiger partial charge in [0, 0.05) is 32.0 Å². The van der Waals surface area contributed by atoms with Gasteiger partial charge >= 0.3 is 23.8 Å². The Morgan fingerprint density at radius 2 is 1.83 bits per heavy atom. The van der Waals surface area contributed by atoms with Gasteiger partial charge in [0.1, 0.15) is 17.3 Å². The van der Waals surface area contributed by atoms with Gasteiger partial charge in [-0.3, -0.25) is 9.36 Å². The van der Waals surface area contributed by atoms with E-state index in [0.29, 0.717) is 6.07 Å². The molecule has 14 heteroatoms. The number of halogens is 5. The average Bonchev–Trinajstić information content (AvgIpc) is 3.54. The molecular formula is C21H19ClF4N2O7. The van der Waals surface area contributed by atoms with Crippen LogP contribution in [0.15, 0.2) is 27.8 Å². The summed E-state index contributed by atoms with van der Waals surface area (Å²) in [5.41, 5.74) is -6.76. The van der Waals surface area contributed by atoms with E-state index >= 15 is 0 Å². The summed E-state index contributed by atoms with van der Waals surface area (Å²) in [5, 5.41) is -0.347. The van der Waals surface area contributed by atoms with Gasteiger partial charge in [-0.25, -0.2) is 23.3 Å². The second-order valence-electron chi connectivity index (χ2n) is 7.67. The maximum Gasteiger partial charge on any atom is 0.431 e. The zero-order valence-corrected chi connectivity index (χ0v) is 19.3. The van der Waals surface area contributed by atoms with Crippen LogP contribution in [-0.2, 0) is 32.3 Å². The number of rotatable bonds is 7. The number of carbonyl (C=O) groups excluding carboxylic acids is 2. The van der Waals surface area contributed by atoms with Crippen molar-refractivity contribution < 1.29 is 41.4 Å². The van der Waals surface area contributed by atoms with Crippen LogP contribution >= 0.6 is 11.6 Å². The Balaban J connectivity index is 1.98. The third-order valence-corrected chi connectivity index (χ3v) is 5.43. The lowest BCUT2D eigenvalue weighted by molar-refractivity contribution is -0.172. The Hall–Kier alpha value is -3.35. The summed E-state index contributed by atoms with van der Waals surface area (Å²) in [4.78, 5) is 49.2. The molecule has 0 bridgehead atoms. The summed E-state index contributed by atoms with van der Waals surface area (Å²) in [6.07, 6.45) is -5.95. The molecule has 1 fully saturated rings. The zero-order valence-electron chi connectivity index (χ0n) is 18.6. The van der Waals surface area contributed by atoms with E-state index in [4.69, 9.17) is 25.8 Å². The molecule has 35 heavy (non-hydrogen) atoms. The molecule has 3 rings (SSSR count). The van der Waals surface area contributed by atoms with Crippen LogP contribution in [0.4, 0.5) is 17.6 Å². The molecule has 0 amide bonds. The summed E-state index contributed by atoms with van der Waals surface area (Å²) in [6.45, 7) is 2.93. The Kier molecular flexibility index (Phi) is 7.02. The molecule has 1 aromatic heterocycles. The van der Waals surface area contributed by atoms with E-state index in [0.717, 1.165) is 13.1 Å². The highest BCUT2D eigenvalue weighted by Crippen LogP contribution is 2.44. The van der Waals surface area contributed by atoms with Crippen molar-refractivity contribution in [1.82, 2.24) is 9.13 Å². The summed E-state index contributed by atoms with van der Waals surface area (Å²) >= 11 is 6.01. The van der Waals surface area contributed by atoms with Gasteiger partial charge < -0.3 is 14.2 Å². The molecule has 0 radical (unpaired) electrons. The van der Waals surface area contributed by atoms with Crippen molar-refractivity contribution >= 4 is 23.5 Å². The maximum atomic E-state index is 14.7. The molecule has 0 N–H and O–H groups in total. The minimum absolute atomic E-state index is 0.0686. The SMILES string of the molecule is CCOC(=O)C(C)OC(=O)C1(Oc2cc(-n3c(=O)cc(C(F)(F)F)n(C)c3=O)c(F)cc2Cl)CC1. The molecule has 0 spiro atoms. The predicted octanol–water partition coefficient (Wildman–Crippen LogP) is 2.75. The Morgan fingerprint density at radius 1 is 1.20 bits per heavy atom. The lowest BCUT2D eigenvalue weighted by Crippen LogP contribution is -2.41. The van der Waals surface area contributed by atoms with Gasteiger partial charge in [0.15, 0.2) is 6.10 Å². The number of ether oxygens (including phenoxy) is 3. The van der Waals surface area contributed by atoms with Gasteiger partial charge in [0.05, 0.1) is 17.3 Å². The first-order valence-corrected chi connectivity index (χ1v) is 10.6. The summed E-state index contributed by atoms with van der Waals surface area (Å²) in [6, 6.07) is 1.64. The van der Waals surface area contributed by atoms with Crippen LogP contribution < -0.4 is 16.0 Å². The first kappa shape index (κ1) is 26.3. The number of alkyl halides is 3. The fourth-order valence-electron chi connectivity index (χ4n) is 3.13. The van der Waals surface area contributed by atoms with Gasteiger partial charge in [-0.1, -0.05) is 11.6 Å². The van der Waals surface area contributed by atoms with E-state index in [1.54, 1.807) is 6.92 Å². The van der Waals surface area contributed by atoms with E-state index in [9.17, 15) is 36.7 Å². The average molecular weight is 523 g/mol. The van der Waals surface area contributed by atoms with Gasteiger partial charge in [0.2, 0.25) is 5.60 Å². The lowest BCUT2D eigenvalue weighted by atomic mass is 10.2. The molecule has 0 saturated heterocycles. The van der Waals surface area contributed by atoms with Crippen LogP contribution in [0, 0.1) is 5.82 Å². The number of hydrogen-bond acceptors (Lipinski definition) is 7. The van der Waals surface area contributed by atoms with Crippen molar-refractivity contribution in [2.75, 3.05) is 6.61 Å². The molecule has 1 heterocycles. The van der Waals surface area contributed by atoms with Gasteiger partial charge in [-0.05, 0) is 19.9 Å². The second-order valence-corrected chi connectivity index (χ2v) is 8.08. The van der Waals surface area contributed by atoms with Gasteiger partial charge in [-0.2, -0.15) is 13.2 Å². The number of benzene rings is 1. The third kappa shape index (κ3) is 5.19. The summed E-state index contributed by atoms with van der Waals surface area (Å²) in [7, 11) is 0.770. The molecule has 9 nitrogen and oxygen atoms in total. The van der Waals surface area contributed by atoms with Crippen molar-refractivity contribution in [3.05, 3.63) is 55.6 Å². The highest BCUT2D eigenvalue weighted by atomic mass is 35.5. The van der Waals surface area contributed by atoms with Crippen LogP contribution in [0.25, 0.3) is 5.69 Å². The monoisotopic (exact) mass is 522 g/mol. The van der Waals surface area contributed by atoms with Crippen molar-refractivity contribution in [3.63, 3.8) is 0 Å². The van der Waals surface area contributed by atoms with Crippen molar-refractivity contribution in [2.24, 2.45) is 7.05 Å². The molecule has 1 aliphatic carbocycles. The quantitative estimate of drug-likeness (QED) is 0.406. The predicted molar refractivity (Wildman–Crippen MR) is 112 cm³/mol. The minimum Gasteiger partial charge on any atom is -0.474 e. The van der Waals surface area contributed by atoms with Crippen LogP contribution in [0.2, 0.25) is 5.02 Å². The smallest absolute Gasteiger partial charge is 0.431 e. The van der Waals surface area contributed by atoms with Crippen LogP contribution in [0.5, 0.6) is 5.75 Å². The Labute approximate surface area is 199 Å². The first-order chi connectivity index (χ1) is 16.2. The molecule has 1 aliphatic rings. The number of nitrogens with zero attached hydrogens (tertiary/aromatic N) is 2. The molecule has 2 aromatic rings. The number of carbonyl (C=O) groups is 2. The Morgan fingerprint density at radius 3 is 2.37 bits per heavy atom. The largest absolute Gasteiger partial charge is 0.474 e. The Bertz CT molecular complexity index is 1300. The molecule has 1 saturated carbocycles. The third-order valence-electron chi connectivity index (χ3n) is 5.14. The molecule has 1 atom stereocenters. The molecule has 0 aliphatic heterocycles. The molecular weight excluding hydrogens is 504 g/mol. The normalized spacial score (nSPS) is 15.3. The van der Waals surface area contributed by atoms with Crippen LogP contribution in [-0.4, -0.2) is 39.4 Å². The first-order valence-electron chi connectivity index (χ1n) is 10.2. The lowest BCUT2D eigenvalue weighted by Gasteiger charge is -2.21. The summed E-state index contributed by atoms with van der Waals surface area (Å²) < 4.78 is 69.7. The zero-order chi connectivity index (χ0) is 26.3. The second kappa shape index (κ2) is 9.36. The number of aromatic nitrogens is 2. The standard InChI is InChI=1S/C21H19ClF4N2O7/c1-4-33-17(30)10(2)34-18(31)20(5-6-20)35-14-8-13(12(23)7-11(14)22)28-16(29)9-15(21(24,25)26)27(3)19(28)32/h7-10H,4-6H2,1-3H3. The fourth-order valence-corrected chi connectivity index (χ4v) is 3.32.